The fourth-order valence-corrected chi connectivity index (χ4v) is 2.46. The molecule has 1 unspecified atom stereocenters. The summed E-state index contributed by atoms with van der Waals surface area (Å²) in [5.74, 6) is 2.47. The number of nitrogens with one attached hydrogen (secondary N) is 1. The molecule has 2 rings (SSSR count). The zero-order valence-corrected chi connectivity index (χ0v) is 12.1. The number of hydrogen-bond donors (Lipinski definition) is 1. The molecule has 0 amide bonds. The molecule has 4 heteroatoms. The minimum atomic E-state index is 0.723. The van der Waals surface area contributed by atoms with E-state index in [0.29, 0.717) is 0 Å². The standard InChI is InChI=1S/C15H25N3O/c1-3-10-19-14-6-5-8-16-15(14)17-11-13-7-9-18(4-2)12-13/h5-6,8,13H,3-4,7,9-12H2,1-2H3,(H,16,17). The number of ether oxygens (including phenoxy) is 1. The normalized spacial score (nSPS) is 19.6. The van der Waals surface area contributed by atoms with Crippen molar-refractivity contribution in [2.45, 2.75) is 26.7 Å². The molecular weight excluding hydrogens is 238 g/mol. The van der Waals surface area contributed by atoms with Crippen molar-refractivity contribution in [3.63, 3.8) is 0 Å². The smallest absolute Gasteiger partial charge is 0.168 e. The van der Waals surface area contributed by atoms with Crippen molar-refractivity contribution in [3.05, 3.63) is 18.3 Å². The molecule has 2 heterocycles. The van der Waals surface area contributed by atoms with E-state index in [9.17, 15) is 0 Å². The maximum absolute atomic E-state index is 5.71. The highest BCUT2D eigenvalue weighted by atomic mass is 16.5. The minimum absolute atomic E-state index is 0.723. The lowest BCUT2D eigenvalue weighted by Crippen LogP contribution is -2.22. The second-order valence-corrected chi connectivity index (χ2v) is 5.13. The van der Waals surface area contributed by atoms with Crippen LogP contribution in [0, 0.1) is 5.92 Å². The number of hydrogen-bond acceptors (Lipinski definition) is 4. The lowest BCUT2D eigenvalue weighted by Gasteiger charge is -2.15. The van der Waals surface area contributed by atoms with Crippen LogP contribution >= 0.6 is 0 Å². The van der Waals surface area contributed by atoms with Crippen LogP contribution in [0.1, 0.15) is 26.7 Å². The van der Waals surface area contributed by atoms with E-state index in [2.05, 4.69) is 29.0 Å². The molecule has 1 aliphatic rings. The number of rotatable bonds is 7. The zero-order valence-electron chi connectivity index (χ0n) is 12.1. The summed E-state index contributed by atoms with van der Waals surface area (Å²) in [6.07, 6.45) is 4.11. The molecule has 0 saturated carbocycles. The summed E-state index contributed by atoms with van der Waals surface area (Å²) in [6, 6.07) is 3.91. The van der Waals surface area contributed by atoms with E-state index < -0.39 is 0 Å². The molecule has 0 radical (unpaired) electrons. The van der Waals surface area contributed by atoms with Crippen LogP contribution in [0.4, 0.5) is 5.82 Å². The van der Waals surface area contributed by atoms with Crippen LogP contribution in [0.15, 0.2) is 18.3 Å². The minimum Gasteiger partial charge on any atom is -0.490 e. The fraction of sp³-hybridized carbons (Fsp3) is 0.667. The molecule has 1 aromatic heterocycles. The maximum atomic E-state index is 5.71. The summed E-state index contributed by atoms with van der Waals surface area (Å²) in [5.41, 5.74) is 0. The summed E-state index contributed by atoms with van der Waals surface area (Å²) >= 11 is 0. The first-order chi connectivity index (χ1) is 9.33. The molecule has 1 N–H and O–H groups in total. The number of aromatic nitrogens is 1. The highest BCUT2D eigenvalue weighted by molar-refractivity contribution is 5.49. The van der Waals surface area contributed by atoms with Gasteiger partial charge < -0.3 is 15.0 Å². The molecular formula is C15H25N3O. The Balaban J connectivity index is 1.85. The highest BCUT2D eigenvalue weighted by Gasteiger charge is 2.21. The Morgan fingerprint density at radius 1 is 1.47 bits per heavy atom. The van der Waals surface area contributed by atoms with Gasteiger partial charge in [-0.2, -0.15) is 0 Å². The van der Waals surface area contributed by atoms with Gasteiger partial charge in [-0.25, -0.2) is 4.98 Å². The van der Waals surface area contributed by atoms with Crippen LogP contribution in [0.3, 0.4) is 0 Å². The average molecular weight is 263 g/mol. The summed E-state index contributed by atoms with van der Waals surface area (Å²) < 4.78 is 5.71. The Morgan fingerprint density at radius 2 is 2.37 bits per heavy atom. The van der Waals surface area contributed by atoms with Gasteiger partial charge in [-0.05, 0) is 44.0 Å². The van der Waals surface area contributed by atoms with E-state index in [4.69, 9.17) is 4.74 Å². The van der Waals surface area contributed by atoms with Gasteiger partial charge in [0.25, 0.3) is 0 Å². The molecule has 1 fully saturated rings. The van der Waals surface area contributed by atoms with Crippen molar-refractivity contribution in [3.8, 4) is 5.75 Å². The van der Waals surface area contributed by atoms with Crippen molar-refractivity contribution in [1.29, 1.82) is 0 Å². The first-order valence-electron chi connectivity index (χ1n) is 7.37. The number of pyridine rings is 1. The van der Waals surface area contributed by atoms with Gasteiger partial charge in [0.15, 0.2) is 11.6 Å². The quantitative estimate of drug-likeness (QED) is 0.820. The van der Waals surface area contributed by atoms with Crippen LogP contribution in [-0.2, 0) is 0 Å². The molecule has 1 saturated heterocycles. The Morgan fingerprint density at radius 3 is 3.11 bits per heavy atom. The molecule has 106 valence electrons. The Bertz CT molecular complexity index is 383. The predicted octanol–water partition coefficient (Wildman–Crippen LogP) is 2.62. The lowest BCUT2D eigenvalue weighted by molar-refractivity contribution is 0.317. The van der Waals surface area contributed by atoms with E-state index in [1.165, 1.54) is 19.5 Å². The van der Waals surface area contributed by atoms with Gasteiger partial charge in [-0.1, -0.05) is 13.8 Å². The molecule has 1 atom stereocenters. The molecule has 1 aliphatic heterocycles. The van der Waals surface area contributed by atoms with Crippen molar-refractivity contribution in [1.82, 2.24) is 9.88 Å². The predicted molar refractivity (Wildman–Crippen MR) is 78.7 cm³/mol. The van der Waals surface area contributed by atoms with Gasteiger partial charge in [-0.3, -0.25) is 0 Å². The van der Waals surface area contributed by atoms with Crippen LogP contribution in [-0.4, -0.2) is 42.7 Å². The van der Waals surface area contributed by atoms with Crippen LogP contribution in [0.5, 0.6) is 5.75 Å². The van der Waals surface area contributed by atoms with Gasteiger partial charge in [0.05, 0.1) is 6.61 Å². The van der Waals surface area contributed by atoms with E-state index in [1.807, 2.05) is 18.3 Å². The number of nitrogens with zero attached hydrogens (tertiary/aromatic N) is 2. The fourth-order valence-electron chi connectivity index (χ4n) is 2.46. The molecule has 4 nitrogen and oxygen atoms in total. The zero-order chi connectivity index (χ0) is 13.5. The van der Waals surface area contributed by atoms with Gasteiger partial charge >= 0.3 is 0 Å². The van der Waals surface area contributed by atoms with Crippen molar-refractivity contribution in [2.75, 3.05) is 38.1 Å². The Labute approximate surface area is 116 Å². The van der Waals surface area contributed by atoms with Crippen LogP contribution in [0.25, 0.3) is 0 Å². The second kappa shape index (κ2) is 7.34. The highest BCUT2D eigenvalue weighted by Crippen LogP contribution is 2.23. The topological polar surface area (TPSA) is 37.4 Å². The third-order valence-corrected chi connectivity index (χ3v) is 3.61. The molecule has 0 aliphatic carbocycles. The summed E-state index contributed by atoms with van der Waals surface area (Å²) in [4.78, 5) is 6.88. The Kier molecular flexibility index (Phi) is 5.45. The number of anilines is 1. The maximum Gasteiger partial charge on any atom is 0.168 e. The van der Waals surface area contributed by atoms with Gasteiger partial charge in [-0.15, -0.1) is 0 Å². The van der Waals surface area contributed by atoms with Gasteiger partial charge in [0, 0.05) is 19.3 Å². The molecule has 0 aromatic carbocycles. The van der Waals surface area contributed by atoms with Crippen LogP contribution < -0.4 is 10.1 Å². The summed E-state index contributed by atoms with van der Waals surface area (Å²) in [7, 11) is 0. The molecule has 0 bridgehead atoms. The van der Waals surface area contributed by atoms with Gasteiger partial charge in [0.1, 0.15) is 0 Å². The monoisotopic (exact) mass is 263 g/mol. The third-order valence-electron chi connectivity index (χ3n) is 3.61. The van der Waals surface area contributed by atoms with Crippen LogP contribution in [0.2, 0.25) is 0 Å². The Hall–Kier alpha value is -1.29. The van der Waals surface area contributed by atoms with E-state index >= 15 is 0 Å². The van der Waals surface area contributed by atoms with E-state index in [-0.39, 0.29) is 0 Å². The van der Waals surface area contributed by atoms with Gasteiger partial charge in [0.2, 0.25) is 0 Å². The summed E-state index contributed by atoms with van der Waals surface area (Å²) in [6.45, 7) is 9.65. The first-order valence-corrected chi connectivity index (χ1v) is 7.37. The largest absolute Gasteiger partial charge is 0.490 e. The first kappa shape index (κ1) is 14.1. The molecule has 1 aromatic rings. The van der Waals surface area contributed by atoms with Crippen molar-refractivity contribution < 1.29 is 4.74 Å². The van der Waals surface area contributed by atoms with E-state index in [0.717, 1.165) is 43.6 Å². The third kappa shape index (κ3) is 4.10. The van der Waals surface area contributed by atoms with Crippen molar-refractivity contribution in [2.24, 2.45) is 5.92 Å². The average Bonchev–Trinajstić information content (AvgIpc) is 2.91. The van der Waals surface area contributed by atoms with Crippen molar-refractivity contribution >= 4 is 5.82 Å². The SMILES string of the molecule is CCCOc1cccnc1NCC1CCN(CC)C1. The molecule has 0 spiro atoms. The number of likely N-dealkylation sites (tertiary alicyclic amines) is 1. The summed E-state index contributed by atoms with van der Waals surface area (Å²) in [5, 5.41) is 3.45. The lowest BCUT2D eigenvalue weighted by atomic mass is 10.1. The van der Waals surface area contributed by atoms with E-state index in [1.54, 1.807) is 0 Å². The molecule has 19 heavy (non-hydrogen) atoms. The second-order valence-electron chi connectivity index (χ2n) is 5.13.